The second-order valence-corrected chi connectivity index (χ2v) is 3.81. The second kappa shape index (κ2) is 10.1. The lowest BCUT2D eigenvalue weighted by atomic mass is 10.1. The summed E-state index contributed by atoms with van der Waals surface area (Å²) in [6, 6.07) is -1.68. The Morgan fingerprint density at radius 2 is 1.95 bits per heavy atom. The van der Waals surface area contributed by atoms with Gasteiger partial charge in [-0.05, 0) is 19.8 Å². The minimum absolute atomic E-state index is 0.190. The molecule has 0 fully saturated rings. The van der Waals surface area contributed by atoms with Gasteiger partial charge in [0.25, 0.3) is 0 Å². The van der Waals surface area contributed by atoms with Gasteiger partial charge in [-0.3, -0.25) is 4.79 Å². The summed E-state index contributed by atoms with van der Waals surface area (Å²) in [4.78, 5) is 33.4. The fourth-order valence-electron chi connectivity index (χ4n) is 1.32. The predicted octanol–water partition coefficient (Wildman–Crippen LogP) is -0.698. The van der Waals surface area contributed by atoms with E-state index in [0.717, 1.165) is 0 Å². The third kappa shape index (κ3) is 8.83. The van der Waals surface area contributed by atoms with E-state index in [-0.39, 0.29) is 18.9 Å². The van der Waals surface area contributed by atoms with Gasteiger partial charge in [0.05, 0.1) is 6.54 Å². The van der Waals surface area contributed by atoms with Crippen LogP contribution in [0.5, 0.6) is 0 Å². The summed E-state index contributed by atoms with van der Waals surface area (Å²) in [5.74, 6) is -1.45. The highest BCUT2D eigenvalue weighted by atomic mass is 16.5. The van der Waals surface area contributed by atoms with Crippen LogP contribution in [-0.4, -0.2) is 55.9 Å². The number of hydrogen-bond acceptors (Lipinski definition) is 4. The van der Waals surface area contributed by atoms with E-state index >= 15 is 0 Å². The van der Waals surface area contributed by atoms with Crippen LogP contribution in [0.15, 0.2) is 0 Å². The lowest BCUT2D eigenvalue weighted by Gasteiger charge is -2.14. The molecule has 3 amide bonds. The molecule has 0 heterocycles. The highest BCUT2D eigenvalue weighted by molar-refractivity contribution is 5.86. The van der Waals surface area contributed by atoms with Gasteiger partial charge in [0.15, 0.2) is 0 Å². The average molecular weight is 275 g/mol. The van der Waals surface area contributed by atoms with Crippen LogP contribution < -0.4 is 16.0 Å². The highest BCUT2D eigenvalue weighted by Gasteiger charge is 2.19. The topological polar surface area (TPSA) is 117 Å². The van der Waals surface area contributed by atoms with Crippen LogP contribution in [0.4, 0.5) is 4.79 Å². The molecule has 0 aromatic carbocycles. The number of carboxylic acids is 1. The predicted molar refractivity (Wildman–Crippen MR) is 67.8 cm³/mol. The largest absolute Gasteiger partial charge is 0.480 e. The number of amides is 3. The lowest BCUT2D eigenvalue weighted by molar-refractivity contribution is -0.139. The smallest absolute Gasteiger partial charge is 0.326 e. The molecule has 0 radical (unpaired) electrons. The first kappa shape index (κ1) is 17.2. The first-order valence-electron chi connectivity index (χ1n) is 6.04. The summed E-state index contributed by atoms with van der Waals surface area (Å²) in [6.45, 7) is 2.46. The van der Waals surface area contributed by atoms with Gasteiger partial charge in [0.2, 0.25) is 5.91 Å². The van der Waals surface area contributed by atoms with Gasteiger partial charge >= 0.3 is 12.0 Å². The fourth-order valence-corrected chi connectivity index (χ4v) is 1.32. The normalized spacial score (nSPS) is 11.5. The van der Waals surface area contributed by atoms with Crippen LogP contribution in [-0.2, 0) is 14.3 Å². The van der Waals surface area contributed by atoms with Crippen LogP contribution >= 0.6 is 0 Å². The van der Waals surface area contributed by atoms with Crippen LogP contribution in [0.25, 0.3) is 0 Å². The lowest BCUT2D eigenvalue weighted by Crippen LogP contribution is -2.48. The molecule has 1 unspecified atom stereocenters. The van der Waals surface area contributed by atoms with Crippen molar-refractivity contribution in [2.45, 2.75) is 25.8 Å². The van der Waals surface area contributed by atoms with E-state index in [2.05, 4.69) is 16.0 Å². The molecule has 0 aliphatic carbocycles. The molecule has 8 heteroatoms. The van der Waals surface area contributed by atoms with E-state index in [0.29, 0.717) is 19.6 Å². The first-order chi connectivity index (χ1) is 9.01. The Morgan fingerprint density at radius 1 is 1.26 bits per heavy atom. The number of likely N-dealkylation sites (N-methyl/N-ethyl adjacent to an activating group) is 1. The summed E-state index contributed by atoms with van der Waals surface area (Å²) in [7, 11) is 1.52. The van der Waals surface area contributed by atoms with Crippen LogP contribution in [0.1, 0.15) is 19.8 Å². The van der Waals surface area contributed by atoms with E-state index in [1.165, 1.54) is 7.11 Å². The van der Waals surface area contributed by atoms with Gasteiger partial charge in [-0.15, -0.1) is 0 Å². The zero-order valence-electron chi connectivity index (χ0n) is 11.2. The van der Waals surface area contributed by atoms with Crippen molar-refractivity contribution in [2.24, 2.45) is 0 Å². The summed E-state index contributed by atoms with van der Waals surface area (Å²) < 4.78 is 4.81. The maximum Gasteiger partial charge on any atom is 0.326 e. The average Bonchev–Trinajstić information content (AvgIpc) is 2.35. The van der Waals surface area contributed by atoms with Gasteiger partial charge in [-0.25, -0.2) is 9.59 Å². The molecule has 0 aromatic rings. The number of nitrogens with one attached hydrogen (secondary N) is 3. The fraction of sp³-hybridized carbons (Fsp3) is 0.727. The van der Waals surface area contributed by atoms with Crippen LogP contribution in [0.3, 0.4) is 0 Å². The van der Waals surface area contributed by atoms with E-state index in [4.69, 9.17) is 9.84 Å². The summed E-state index contributed by atoms with van der Waals surface area (Å²) >= 11 is 0. The molecule has 4 N–H and O–H groups in total. The SMILES string of the molecule is CCNC(=O)CNC(=O)NC(CCCOC)C(=O)O. The molecule has 0 aromatic heterocycles. The first-order valence-corrected chi connectivity index (χ1v) is 6.04. The molecule has 8 nitrogen and oxygen atoms in total. The number of hydrogen-bond donors (Lipinski definition) is 4. The Kier molecular flexibility index (Phi) is 9.15. The van der Waals surface area contributed by atoms with Gasteiger partial charge in [-0.1, -0.05) is 0 Å². The van der Waals surface area contributed by atoms with Crippen LogP contribution in [0.2, 0.25) is 0 Å². The van der Waals surface area contributed by atoms with E-state index in [1.807, 2.05) is 0 Å². The molecule has 110 valence electrons. The Morgan fingerprint density at radius 3 is 2.47 bits per heavy atom. The molecule has 1 atom stereocenters. The molecule has 0 saturated heterocycles. The number of carboxylic acid groups (broad SMARTS) is 1. The Labute approximate surface area is 111 Å². The summed E-state index contributed by atoms with van der Waals surface area (Å²) in [5.41, 5.74) is 0. The number of ether oxygens (including phenoxy) is 1. The van der Waals surface area contributed by atoms with Crippen molar-refractivity contribution >= 4 is 17.9 Å². The molecular weight excluding hydrogens is 254 g/mol. The van der Waals surface area contributed by atoms with Crippen LogP contribution in [0, 0.1) is 0 Å². The number of urea groups is 1. The van der Waals surface area contributed by atoms with Gasteiger partial charge < -0.3 is 25.8 Å². The molecule has 0 spiro atoms. The van der Waals surface area contributed by atoms with Crippen molar-refractivity contribution in [1.82, 2.24) is 16.0 Å². The Bertz CT molecular complexity index is 309. The standard InChI is InChI=1S/C11H21N3O5/c1-3-12-9(15)7-13-11(18)14-8(10(16)17)5-4-6-19-2/h8H,3-7H2,1-2H3,(H,12,15)(H,16,17)(H2,13,14,18). The third-order valence-electron chi connectivity index (χ3n) is 2.23. The van der Waals surface area contributed by atoms with Crippen molar-refractivity contribution < 1.29 is 24.2 Å². The van der Waals surface area contributed by atoms with E-state index < -0.39 is 18.0 Å². The highest BCUT2D eigenvalue weighted by Crippen LogP contribution is 1.98. The number of rotatable bonds is 9. The Hall–Kier alpha value is -1.83. The zero-order chi connectivity index (χ0) is 14.7. The van der Waals surface area contributed by atoms with E-state index in [9.17, 15) is 14.4 Å². The summed E-state index contributed by atoms with van der Waals surface area (Å²) in [5, 5.41) is 16.0. The number of carbonyl (C=O) groups is 3. The van der Waals surface area contributed by atoms with Gasteiger partial charge in [0, 0.05) is 20.3 Å². The minimum Gasteiger partial charge on any atom is -0.480 e. The van der Waals surface area contributed by atoms with Crippen molar-refractivity contribution in [1.29, 1.82) is 0 Å². The number of carbonyl (C=O) groups excluding carboxylic acids is 2. The monoisotopic (exact) mass is 275 g/mol. The van der Waals surface area contributed by atoms with Crippen molar-refractivity contribution in [2.75, 3.05) is 26.8 Å². The summed E-state index contributed by atoms with van der Waals surface area (Å²) in [6.07, 6.45) is 0.780. The van der Waals surface area contributed by atoms with Crippen molar-refractivity contribution in [3.8, 4) is 0 Å². The molecular formula is C11H21N3O5. The third-order valence-corrected chi connectivity index (χ3v) is 2.23. The van der Waals surface area contributed by atoms with E-state index in [1.54, 1.807) is 6.92 Å². The number of methoxy groups -OCH3 is 1. The van der Waals surface area contributed by atoms with Crippen molar-refractivity contribution in [3.63, 3.8) is 0 Å². The molecule has 0 aliphatic rings. The molecule has 0 aliphatic heterocycles. The molecule has 0 rings (SSSR count). The second-order valence-electron chi connectivity index (χ2n) is 3.81. The van der Waals surface area contributed by atoms with Gasteiger partial charge in [-0.2, -0.15) is 0 Å². The maximum atomic E-state index is 11.4. The molecule has 0 saturated carbocycles. The Balaban J connectivity index is 4.02. The molecule has 19 heavy (non-hydrogen) atoms. The molecule has 0 bridgehead atoms. The quantitative estimate of drug-likeness (QED) is 0.415. The van der Waals surface area contributed by atoms with Gasteiger partial charge in [0.1, 0.15) is 6.04 Å². The van der Waals surface area contributed by atoms with Crippen molar-refractivity contribution in [3.05, 3.63) is 0 Å². The minimum atomic E-state index is -1.12. The number of aliphatic carboxylic acids is 1. The maximum absolute atomic E-state index is 11.4. The zero-order valence-corrected chi connectivity index (χ0v) is 11.2.